The van der Waals surface area contributed by atoms with E-state index in [0.29, 0.717) is 16.9 Å². The van der Waals surface area contributed by atoms with Gasteiger partial charge in [-0.2, -0.15) is 5.26 Å². The third-order valence-corrected chi connectivity index (χ3v) is 3.86. The summed E-state index contributed by atoms with van der Waals surface area (Å²) >= 11 is 0. The van der Waals surface area contributed by atoms with E-state index in [1.807, 2.05) is 12.1 Å². The maximum Gasteiger partial charge on any atom is 0.345 e. The fraction of sp³-hybridized carbons (Fsp3) is 0. The second-order valence-electron chi connectivity index (χ2n) is 5.38. The molecular formula is C19H10N2O4. The van der Waals surface area contributed by atoms with Gasteiger partial charge in [0.15, 0.2) is 0 Å². The molecule has 4 aromatic rings. The molecule has 0 bridgehead atoms. The zero-order valence-corrected chi connectivity index (χ0v) is 12.8. The number of hydrogen-bond acceptors (Lipinski definition) is 5. The molecule has 0 atom stereocenters. The first kappa shape index (κ1) is 14.7. The first-order chi connectivity index (χ1) is 12.2. The van der Waals surface area contributed by atoms with Crippen molar-refractivity contribution in [1.82, 2.24) is 4.98 Å². The fourth-order valence-electron chi connectivity index (χ4n) is 2.69. The number of para-hydroxylation sites is 1. The van der Waals surface area contributed by atoms with Gasteiger partial charge in [-0.3, -0.25) is 4.79 Å². The van der Waals surface area contributed by atoms with Gasteiger partial charge in [-0.15, -0.1) is 0 Å². The Morgan fingerprint density at radius 1 is 1.00 bits per heavy atom. The maximum atomic E-state index is 12.3. The van der Waals surface area contributed by atoms with Gasteiger partial charge in [-0.05, 0) is 30.3 Å². The number of pyridine rings is 1. The van der Waals surface area contributed by atoms with Gasteiger partial charge in [-0.25, -0.2) is 4.79 Å². The number of nitrogens with zero attached hydrogens (tertiary/aromatic N) is 1. The second-order valence-corrected chi connectivity index (χ2v) is 5.38. The monoisotopic (exact) mass is 330 g/mol. The number of nitrogens with one attached hydrogen (secondary N) is 1. The topological polar surface area (TPSA) is 100 Å². The second kappa shape index (κ2) is 5.65. The Labute approximate surface area is 140 Å². The number of fused-ring (bicyclic) bond motifs is 1. The van der Waals surface area contributed by atoms with Crippen LogP contribution in [0.15, 0.2) is 73.2 Å². The van der Waals surface area contributed by atoms with Gasteiger partial charge < -0.3 is 13.8 Å². The third-order valence-electron chi connectivity index (χ3n) is 3.86. The lowest BCUT2D eigenvalue weighted by Crippen LogP contribution is -2.15. The van der Waals surface area contributed by atoms with Crippen LogP contribution in [0.5, 0.6) is 0 Å². The molecule has 0 fully saturated rings. The lowest BCUT2D eigenvalue weighted by atomic mass is 10.0. The molecule has 1 aromatic carbocycles. The Morgan fingerprint density at radius 2 is 1.84 bits per heavy atom. The van der Waals surface area contributed by atoms with Crippen LogP contribution in [0.1, 0.15) is 5.56 Å². The average molecular weight is 330 g/mol. The van der Waals surface area contributed by atoms with Crippen LogP contribution in [0.4, 0.5) is 0 Å². The van der Waals surface area contributed by atoms with Crippen LogP contribution in [0, 0.1) is 11.3 Å². The Hall–Kier alpha value is -3.85. The number of benzene rings is 1. The van der Waals surface area contributed by atoms with Gasteiger partial charge in [0.25, 0.3) is 5.56 Å². The predicted molar refractivity (Wildman–Crippen MR) is 91.0 cm³/mol. The zero-order valence-electron chi connectivity index (χ0n) is 12.8. The Morgan fingerprint density at radius 3 is 2.60 bits per heavy atom. The number of nitriles is 1. The standard InChI is InChI=1S/C19H10N2O4/c20-10-14-12(17-6-3-7-24-17)9-15(21-18(14)22)13-8-11-4-1-2-5-16(11)25-19(13)23/h1-9H,(H,21,22). The van der Waals surface area contributed by atoms with E-state index >= 15 is 0 Å². The predicted octanol–water partition coefficient (Wildman–Crippen LogP) is 3.28. The fourth-order valence-corrected chi connectivity index (χ4v) is 2.69. The van der Waals surface area contributed by atoms with E-state index in [9.17, 15) is 14.9 Å². The SMILES string of the molecule is N#Cc1c(-c2ccco2)cc(-c2cc3ccccc3oc2=O)[nH]c1=O. The van der Waals surface area contributed by atoms with E-state index in [0.717, 1.165) is 5.39 Å². The molecule has 0 aliphatic carbocycles. The van der Waals surface area contributed by atoms with Crippen LogP contribution >= 0.6 is 0 Å². The summed E-state index contributed by atoms with van der Waals surface area (Å²) in [5.41, 5.74) is -0.0207. The van der Waals surface area contributed by atoms with E-state index in [4.69, 9.17) is 8.83 Å². The van der Waals surface area contributed by atoms with Crippen LogP contribution in [-0.2, 0) is 0 Å². The summed E-state index contributed by atoms with van der Waals surface area (Å²) in [6.45, 7) is 0. The minimum absolute atomic E-state index is 0.0797. The van der Waals surface area contributed by atoms with Gasteiger partial charge in [0, 0.05) is 10.9 Å². The molecule has 120 valence electrons. The summed E-state index contributed by atoms with van der Waals surface area (Å²) in [5, 5.41) is 9.99. The number of H-pyrrole nitrogens is 1. The summed E-state index contributed by atoms with van der Waals surface area (Å²) in [7, 11) is 0. The van der Waals surface area contributed by atoms with Crippen LogP contribution in [0.3, 0.4) is 0 Å². The minimum atomic E-state index is -0.598. The van der Waals surface area contributed by atoms with E-state index in [-0.39, 0.29) is 16.8 Å². The molecule has 0 spiro atoms. The first-order valence-corrected chi connectivity index (χ1v) is 7.42. The van der Waals surface area contributed by atoms with Gasteiger partial charge >= 0.3 is 5.63 Å². The van der Waals surface area contributed by atoms with Crippen molar-refractivity contribution in [3.8, 4) is 28.7 Å². The largest absolute Gasteiger partial charge is 0.464 e. The molecule has 6 heteroatoms. The van der Waals surface area contributed by atoms with Gasteiger partial charge in [0.1, 0.15) is 23.0 Å². The molecular weight excluding hydrogens is 320 g/mol. The lowest BCUT2D eigenvalue weighted by Gasteiger charge is -2.06. The van der Waals surface area contributed by atoms with Gasteiger partial charge in [0.05, 0.1) is 17.5 Å². The van der Waals surface area contributed by atoms with Crippen LogP contribution in [-0.4, -0.2) is 4.98 Å². The van der Waals surface area contributed by atoms with Gasteiger partial charge in [-0.1, -0.05) is 18.2 Å². The lowest BCUT2D eigenvalue weighted by molar-refractivity contribution is 0.563. The summed E-state index contributed by atoms with van der Waals surface area (Å²) in [6, 6.07) is 15.4. The van der Waals surface area contributed by atoms with Crippen molar-refractivity contribution in [2.75, 3.05) is 0 Å². The number of rotatable bonds is 2. The van der Waals surface area contributed by atoms with Crippen molar-refractivity contribution in [3.05, 3.63) is 81.1 Å². The van der Waals surface area contributed by atoms with E-state index in [1.54, 1.807) is 42.5 Å². The molecule has 0 saturated carbocycles. The summed E-state index contributed by atoms with van der Waals surface area (Å²) in [6.07, 6.45) is 1.45. The summed E-state index contributed by atoms with van der Waals surface area (Å²) in [5.74, 6) is 0.370. The van der Waals surface area contributed by atoms with Gasteiger partial charge in [0.2, 0.25) is 0 Å². The molecule has 3 heterocycles. The molecule has 0 unspecified atom stereocenters. The molecule has 25 heavy (non-hydrogen) atoms. The van der Waals surface area contributed by atoms with E-state index < -0.39 is 11.2 Å². The van der Waals surface area contributed by atoms with Crippen molar-refractivity contribution >= 4 is 11.0 Å². The van der Waals surface area contributed by atoms with Crippen molar-refractivity contribution in [1.29, 1.82) is 5.26 Å². The number of furan rings is 1. The number of aromatic nitrogens is 1. The normalized spacial score (nSPS) is 10.7. The van der Waals surface area contributed by atoms with Crippen molar-refractivity contribution in [3.63, 3.8) is 0 Å². The van der Waals surface area contributed by atoms with Crippen molar-refractivity contribution in [2.24, 2.45) is 0 Å². The zero-order chi connectivity index (χ0) is 17.4. The average Bonchev–Trinajstić information content (AvgIpc) is 3.15. The molecule has 0 amide bonds. The van der Waals surface area contributed by atoms with Crippen LogP contribution < -0.4 is 11.2 Å². The quantitative estimate of drug-likeness (QED) is 0.568. The van der Waals surface area contributed by atoms with E-state index in [2.05, 4.69) is 4.98 Å². The van der Waals surface area contributed by atoms with Crippen molar-refractivity contribution in [2.45, 2.75) is 0 Å². The summed E-state index contributed by atoms with van der Waals surface area (Å²) < 4.78 is 10.6. The smallest absolute Gasteiger partial charge is 0.345 e. The maximum absolute atomic E-state index is 12.3. The minimum Gasteiger partial charge on any atom is -0.464 e. The third kappa shape index (κ3) is 2.44. The molecule has 0 radical (unpaired) electrons. The highest BCUT2D eigenvalue weighted by Gasteiger charge is 2.16. The number of hydrogen-bond donors (Lipinski definition) is 1. The highest BCUT2D eigenvalue weighted by atomic mass is 16.4. The summed E-state index contributed by atoms with van der Waals surface area (Å²) in [4.78, 5) is 27.2. The highest BCUT2D eigenvalue weighted by molar-refractivity contribution is 5.82. The Bertz CT molecular complexity index is 1240. The molecule has 0 saturated heterocycles. The molecule has 3 aromatic heterocycles. The molecule has 6 nitrogen and oxygen atoms in total. The van der Waals surface area contributed by atoms with Crippen molar-refractivity contribution < 1.29 is 8.83 Å². The molecule has 1 N–H and O–H groups in total. The molecule has 0 aliphatic rings. The number of aromatic amines is 1. The van der Waals surface area contributed by atoms with Crippen LogP contribution in [0.2, 0.25) is 0 Å². The molecule has 4 rings (SSSR count). The highest BCUT2D eigenvalue weighted by Crippen LogP contribution is 2.26. The Kier molecular flexibility index (Phi) is 3.33. The first-order valence-electron chi connectivity index (χ1n) is 7.42. The Balaban J connectivity index is 2.01. The van der Waals surface area contributed by atoms with Crippen LogP contribution in [0.25, 0.3) is 33.6 Å². The molecule has 0 aliphatic heterocycles. The van der Waals surface area contributed by atoms with E-state index in [1.165, 1.54) is 6.26 Å².